The summed E-state index contributed by atoms with van der Waals surface area (Å²) in [5.41, 5.74) is 11.8. The highest BCUT2D eigenvalue weighted by molar-refractivity contribution is 6.00. The molecule has 46 heavy (non-hydrogen) atoms. The Hall–Kier alpha value is -5.03. The lowest BCUT2D eigenvalue weighted by Gasteiger charge is -2.27. The molecule has 11 nitrogen and oxygen atoms in total. The van der Waals surface area contributed by atoms with Crippen molar-refractivity contribution in [1.82, 2.24) is 38.8 Å². The third-order valence-electron chi connectivity index (χ3n) is 10.1. The molecule has 2 saturated carbocycles. The third-order valence-corrected chi connectivity index (χ3v) is 10.1. The molecule has 2 bridgehead atoms. The Bertz CT molecular complexity index is 2110. The number of carbonyl (C=O) groups is 1. The van der Waals surface area contributed by atoms with Crippen LogP contribution in [0.4, 0.5) is 0 Å². The molecule has 2 unspecified atom stereocenters. The van der Waals surface area contributed by atoms with E-state index in [1.54, 1.807) is 30.3 Å². The average molecular weight is 614 g/mol. The Morgan fingerprint density at radius 1 is 1.02 bits per heavy atom. The van der Waals surface area contributed by atoms with Crippen LogP contribution in [0.5, 0.6) is 5.75 Å². The van der Waals surface area contributed by atoms with Gasteiger partial charge in [-0.25, -0.2) is 19.6 Å². The fourth-order valence-corrected chi connectivity index (χ4v) is 7.60. The van der Waals surface area contributed by atoms with Gasteiger partial charge in [-0.15, -0.1) is 0 Å². The summed E-state index contributed by atoms with van der Waals surface area (Å²) in [5.74, 6) is 2.96. The smallest absolute Gasteiger partial charge is 0.254 e. The highest BCUT2D eigenvalue weighted by Crippen LogP contribution is 2.40. The van der Waals surface area contributed by atoms with Crippen LogP contribution in [0.1, 0.15) is 41.6 Å². The summed E-state index contributed by atoms with van der Waals surface area (Å²) in [6.45, 7) is 2.13. The summed E-state index contributed by atoms with van der Waals surface area (Å²) in [5, 5.41) is 5.73. The second kappa shape index (κ2) is 10.5. The number of fused-ring (bicyclic) bond motifs is 4. The molecular weight excluding hydrogens is 578 g/mol. The Kier molecular flexibility index (Phi) is 6.24. The molecule has 5 heterocycles. The van der Waals surface area contributed by atoms with Gasteiger partial charge in [-0.05, 0) is 67.9 Å². The molecule has 0 radical (unpaired) electrons. The minimum atomic E-state index is -0.00839. The van der Waals surface area contributed by atoms with E-state index in [2.05, 4.69) is 54.5 Å². The molecule has 2 aliphatic carbocycles. The summed E-state index contributed by atoms with van der Waals surface area (Å²) in [6.07, 6.45) is 11.7. The maximum Gasteiger partial charge on any atom is 0.254 e. The normalized spacial score (nSPS) is 20.7. The molecule has 1 aliphatic heterocycles. The van der Waals surface area contributed by atoms with Crippen molar-refractivity contribution in [3.8, 4) is 23.2 Å². The molecular formula is C35H35N9O2. The van der Waals surface area contributed by atoms with Crippen LogP contribution < -0.4 is 10.5 Å². The zero-order chi connectivity index (χ0) is 30.9. The maximum absolute atomic E-state index is 13.9. The molecule has 232 valence electrons. The number of nitrogens with zero attached hydrogens (tertiary/aromatic N) is 8. The van der Waals surface area contributed by atoms with Gasteiger partial charge in [0, 0.05) is 65.8 Å². The van der Waals surface area contributed by atoms with Gasteiger partial charge in [-0.3, -0.25) is 4.79 Å². The van der Waals surface area contributed by atoms with Gasteiger partial charge >= 0.3 is 0 Å². The van der Waals surface area contributed by atoms with Crippen molar-refractivity contribution in [1.29, 1.82) is 0 Å². The first-order valence-corrected chi connectivity index (χ1v) is 16.1. The van der Waals surface area contributed by atoms with E-state index >= 15 is 0 Å². The number of hydrogen-bond acceptors (Lipinski definition) is 7. The van der Waals surface area contributed by atoms with Crippen LogP contribution in [0.15, 0.2) is 73.3 Å². The molecule has 11 heteroatoms. The Morgan fingerprint density at radius 3 is 2.63 bits per heavy atom. The number of aromatic nitrogens is 7. The molecule has 3 fully saturated rings. The van der Waals surface area contributed by atoms with E-state index in [1.165, 1.54) is 23.7 Å². The number of nitrogens with two attached hydrogens (primary N) is 1. The van der Waals surface area contributed by atoms with E-state index in [9.17, 15) is 4.79 Å². The molecule has 0 spiro atoms. The van der Waals surface area contributed by atoms with E-state index < -0.39 is 0 Å². The van der Waals surface area contributed by atoms with E-state index in [0.29, 0.717) is 47.7 Å². The molecule has 1 amide bonds. The minimum absolute atomic E-state index is 0.00839. The summed E-state index contributed by atoms with van der Waals surface area (Å²) >= 11 is 0. The predicted octanol–water partition coefficient (Wildman–Crippen LogP) is 4.66. The summed E-state index contributed by atoms with van der Waals surface area (Å²) < 4.78 is 12.3. The number of methoxy groups -OCH3 is 1. The lowest BCUT2D eigenvalue weighted by atomic mass is 10.1. The summed E-state index contributed by atoms with van der Waals surface area (Å²) in [7, 11) is 1.66. The average Bonchev–Trinajstić information content (AvgIpc) is 3.40. The van der Waals surface area contributed by atoms with Crippen LogP contribution in [-0.2, 0) is 13.1 Å². The SMILES string of the molecule is COc1cc(C(=O)N2CC3CCC2[C@@H]3N)cc2nc(-c3cc4ccccc4n3CC3CC3)n(Cc3cnn(-c4ncccn4)c3)c12. The first-order valence-electron chi connectivity index (χ1n) is 16.1. The van der Waals surface area contributed by atoms with E-state index in [4.69, 9.17) is 15.5 Å². The number of ether oxygens (including phenoxy) is 1. The van der Waals surface area contributed by atoms with Gasteiger partial charge in [-0.1, -0.05) is 18.2 Å². The van der Waals surface area contributed by atoms with Crippen LogP contribution in [0.25, 0.3) is 39.4 Å². The molecule has 1 saturated heterocycles. The summed E-state index contributed by atoms with van der Waals surface area (Å²) in [6, 6.07) is 16.5. The standard InChI is InChI=1S/C35H35N9O2/c1-46-30-15-25(34(45)42-20-24-9-10-28(42)31(24)36)13-26-32(30)43(18-22-16-39-44(19-22)35-37-11-4-12-38-35)33(40-26)29-14-23-5-2-3-6-27(23)41(29)17-21-7-8-21/h2-6,11-16,19,21,24,28,31H,7-10,17-18,20,36H2,1H3/t24?,28?,31-/m1/s1. The molecule has 9 rings (SSSR count). The van der Waals surface area contributed by atoms with Gasteiger partial charge in [0.2, 0.25) is 5.95 Å². The molecule has 3 atom stereocenters. The van der Waals surface area contributed by atoms with Crippen LogP contribution in [-0.4, -0.2) is 70.4 Å². The van der Waals surface area contributed by atoms with E-state index in [1.807, 2.05) is 29.4 Å². The Balaban J connectivity index is 1.20. The number of benzene rings is 2. The van der Waals surface area contributed by atoms with Crippen molar-refractivity contribution in [3.63, 3.8) is 0 Å². The van der Waals surface area contributed by atoms with Crippen molar-refractivity contribution in [2.24, 2.45) is 17.6 Å². The molecule has 4 aromatic heterocycles. The van der Waals surface area contributed by atoms with Crippen LogP contribution in [0.2, 0.25) is 0 Å². The number of likely N-dealkylation sites (tertiary alicyclic amines) is 1. The number of para-hydroxylation sites is 1. The number of hydrogen-bond donors (Lipinski definition) is 1. The second-order valence-corrected chi connectivity index (χ2v) is 13.0. The largest absolute Gasteiger partial charge is 0.494 e. The molecule has 2 aromatic carbocycles. The van der Waals surface area contributed by atoms with Crippen molar-refractivity contribution in [3.05, 3.63) is 84.4 Å². The maximum atomic E-state index is 13.9. The Labute approximate surface area is 265 Å². The fourth-order valence-electron chi connectivity index (χ4n) is 7.60. The van der Waals surface area contributed by atoms with Gasteiger partial charge in [0.1, 0.15) is 11.3 Å². The number of carbonyl (C=O) groups excluding carboxylic acids is 1. The first-order chi connectivity index (χ1) is 22.6. The second-order valence-electron chi connectivity index (χ2n) is 13.0. The number of piperidine rings is 1. The monoisotopic (exact) mass is 613 g/mol. The Morgan fingerprint density at radius 2 is 1.87 bits per heavy atom. The summed E-state index contributed by atoms with van der Waals surface area (Å²) in [4.78, 5) is 29.9. The number of imidazole rings is 1. The van der Waals surface area contributed by atoms with Crippen LogP contribution in [0, 0.1) is 11.8 Å². The molecule has 6 aromatic rings. The van der Waals surface area contributed by atoms with Gasteiger partial charge in [-0.2, -0.15) is 5.10 Å². The first kappa shape index (κ1) is 27.3. The van der Waals surface area contributed by atoms with E-state index in [-0.39, 0.29) is 18.0 Å². The van der Waals surface area contributed by atoms with Crippen molar-refractivity contribution < 1.29 is 9.53 Å². The zero-order valence-corrected chi connectivity index (χ0v) is 25.7. The third kappa shape index (κ3) is 4.40. The highest BCUT2D eigenvalue weighted by Gasteiger charge is 2.47. The van der Waals surface area contributed by atoms with Gasteiger partial charge in [0.05, 0.1) is 31.1 Å². The number of amides is 1. The lowest BCUT2D eigenvalue weighted by Crippen LogP contribution is -2.41. The molecule has 3 aliphatic rings. The van der Waals surface area contributed by atoms with Crippen molar-refractivity contribution in [2.75, 3.05) is 13.7 Å². The van der Waals surface area contributed by atoms with Gasteiger partial charge < -0.3 is 24.5 Å². The van der Waals surface area contributed by atoms with Gasteiger partial charge in [0.15, 0.2) is 5.82 Å². The van der Waals surface area contributed by atoms with Crippen LogP contribution >= 0.6 is 0 Å². The van der Waals surface area contributed by atoms with E-state index in [0.717, 1.165) is 42.0 Å². The highest BCUT2D eigenvalue weighted by atomic mass is 16.5. The zero-order valence-electron chi connectivity index (χ0n) is 25.7. The minimum Gasteiger partial charge on any atom is -0.494 e. The van der Waals surface area contributed by atoms with Gasteiger partial charge in [0.25, 0.3) is 5.91 Å². The fraction of sp³-hybridized carbons (Fsp3) is 0.343. The quantitative estimate of drug-likeness (QED) is 0.265. The van der Waals surface area contributed by atoms with Crippen molar-refractivity contribution >= 4 is 27.8 Å². The van der Waals surface area contributed by atoms with Crippen LogP contribution in [0.3, 0.4) is 0 Å². The topological polar surface area (TPSA) is 122 Å². The molecule has 2 N–H and O–H groups in total. The predicted molar refractivity (Wildman–Crippen MR) is 174 cm³/mol. The number of rotatable bonds is 8. The lowest BCUT2D eigenvalue weighted by molar-refractivity contribution is 0.0700. The van der Waals surface area contributed by atoms with Crippen molar-refractivity contribution in [2.45, 2.75) is 50.9 Å².